The molecule has 0 amide bonds. The average Bonchev–Trinajstić information content (AvgIpc) is 1.72. The van der Waals surface area contributed by atoms with E-state index in [4.69, 9.17) is 119 Å². The molecule has 0 spiro atoms. The summed E-state index contributed by atoms with van der Waals surface area (Å²) in [6.07, 6.45) is 32.4. The SMILES string of the molecule is Cc1c(-c2ccc3c(cnn3C)c2)nc2ccc(C(O)(c3cccnc3)c3cccc(Cl)c3)cc2c1Cl.Cc1c(-c2ccc3ccn(C)c3c2)nc2ccc(C(O)(c3cccnc3)c3cccc(Cl)c3)cc2c1Cl.OC(c1cccnc1)(c1cccc(Cl)c1)c1ccc2nc(-c3cccnc3)c(C3CCCCC3)c(Cl)c2c1.OC(c1cccnc1)(c1cccc(Cl)c1)c1ccc2nc(Cl)c(C3CCCCC3)c(Cl)c2c1. The Morgan fingerprint density at radius 2 is 0.628 bits per heavy atom. The monoisotopic (exact) mass is 2080 g/mol. The van der Waals surface area contributed by atoms with Crippen LogP contribution < -0.4 is 0 Å². The lowest BCUT2D eigenvalue weighted by Crippen LogP contribution is -2.29. The van der Waals surface area contributed by atoms with E-state index in [-0.39, 0.29) is 0 Å². The van der Waals surface area contributed by atoms with Gasteiger partial charge in [0.1, 0.15) is 27.6 Å². The third kappa shape index (κ3) is 19.4. The fourth-order valence-electron chi connectivity index (χ4n) is 20.7. The molecule has 4 N–H and O–H groups in total. The average molecular weight is 2090 g/mol. The van der Waals surface area contributed by atoms with Crippen molar-refractivity contribution < 1.29 is 20.4 Å². The molecule has 21 aromatic rings. The normalized spacial score (nSPS) is 14.7. The maximum atomic E-state index is 12.4. The molecule has 23 rings (SSSR count). The first-order chi connectivity index (χ1) is 70.2. The Balaban J connectivity index is 0.000000118. The van der Waals surface area contributed by atoms with Crippen molar-refractivity contribution >= 4 is 170 Å². The molecule has 11 aromatic heterocycles. The number of aromatic nitrogens is 12. The predicted octanol–water partition coefficient (Wildman–Crippen LogP) is 31.0. The zero-order valence-electron chi connectivity index (χ0n) is 79.2. The highest BCUT2D eigenvalue weighted by molar-refractivity contribution is 6.40. The fourth-order valence-corrected chi connectivity index (χ4v) is 23.1. The number of halogens is 9. The number of aliphatic hydroxyl groups is 4. The Morgan fingerprint density at radius 1 is 0.283 bits per heavy atom. The first kappa shape index (κ1) is 99.4. The number of fused-ring (bicyclic) bond motifs is 6. The van der Waals surface area contributed by atoms with Crippen LogP contribution in [-0.2, 0) is 36.5 Å². The van der Waals surface area contributed by atoms with Gasteiger partial charge in [0.05, 0.1) is 71.0 Å². The van der Waals surface area contributed by atoms with Crippen LogP contribution in [0, 0.1) is 13.8 Å². The van der Waals surface area contributed by atoms with Crippen LogP contribution in [0.25, 0.3) is 99.2 Å². The van der Waals surface area contributed by atoms with Crippen LogP contribution in [0.4, 0.5) is 0 Å². The van der Waals surface area contributed by atoms with Gasteiger partial charge in [-0.2, -0.15) is 5.10 Å². The molecule has 4 atom stereocenters. The third-order valence-electron chi connectivity index (χ3n) is 28.3. The maximum Gasteiger partial charge on any atom is 0.142 e. The third-order valence-corrected chi connectivity index (χ3v) is 31.3. The van der Waals surface area contributed by atoms with Gasteiger partial charge in [-0.15, -0.1) is 0 Å². The second-order valence-electron chi connectivity index (χ2n) is 37.0. The first-order valence-electron chi connectivity index (χ1n) is 47.8. The molecule has 11 heterocycles. The van der Waals surface area contributed by atoms with Crippen molar-refractivity contribution in [3.8, 4) is 33.8 Å². The summed E-state index contributed by atoms with van der Waals surface area (Å²) in [5, 5.41) is 63.9. The van der Waals surface area contributed by atoms with E-state index in [9.17, 15) is 20.4 Å². The molecule has 2 fully saturated rings. The van der Waals surface area contributed by atoms with E-state index in [1.807, 2.05) is 227 Å². The molecule has 2 aliphatic carbocycles. The summed E-state index contributed by atoms with van der Waals surface area (Å²) < 4.78 is 3.94. The molecule has 16 nitrogen and oxygen atoms in total. The fraction of sp³-hybridized carbons (Fsp3) is 0.167. The molecular formula is C120H95Cl9N12O4. The van der Waals surface area contributed by atoms with E-state index in [2.05, 4.69) is 69.9 Å². The molecule has 0 saturated heterocycles. The molecule has 2 aliphatic rings. The van der Waals surface area contributed by atoms with Gasteiger partial charge in [-0.1, -0.05) is 258 Å². The number of aryl methyl sites for hydroxylation is 2. The van der Waals surface area contributed by atoms with Crippen molar-refractivity contribution in [3.63, 3.8) is 0 Å². The maximum absolute atomic E-state index is 12.4. The lowest BCUT2D eigenvalue weighted by Gasteiger charge is -2.31. The molecule has 722 valence electrons. The second-order valence-corrected chi connectivity index (χ2v) is 40.7. The predicted molar refractivity (Wildman–Crippen MR) is 589 cm³/mol. The number of nitrogens with zero attached hydrogens (tertiary/aromatic N) is 12. The summed E-state index contributed by atoms with van der Waals surface area (Å²) in [4.78, 5) is 41.1. The minimum atomic E-state index is -1.49. The van der Waals surface area contributed by atoms with Crippen LogP contribution in [0.3, 0.4) is 0 Å². The van der Waals surface area contributed by atoms with Gasteiger partial charge in [-0.25, -0.2) is 19.9 Å². The summed E-state index contributed by atoms with van der Waals surface area (Å²) in [5.41, 5.74) is 16.2. The van der Waals surface area contributed by atoms with Gasteiger partial charge in [0.15, 0.2) is 0 Å². The highest BCUT2D eigenvalue weighted by atomic mass is 35.5. The Labute approximate surface area is 884 Å². The zero-order valence-corrected chi connectivity index (χ0v) is 86.0. The topological polar surface area (TPSA) is 220 Å². The van der Waals surface area contributed by atoms with Crippen molar-refractivity contribution in [2.45, 2.75) is 112 Å². The summed E-state index contributed by atoms with van der Waals surface area (Å²) in [7, 11) is 3.96. The summed E-state index contributed by atoms with van der Waals surface area (Å²) in [6, 6.07) is 85.1. The standard InChI is InChI=1S/C32H27Cl2N3O.C31H23Cl2N3O.C30H22Cl2N4O.C27H23Cl3N2O/c33-26-12-4-10-23(17-26)32(38,25-11-6-16-36-20-25)24-13-14-28-27(18-24)30(34)29(21-7-2-1-3-8-21)31(37-28)22-9-5-15-35-19-22;1-19-29(33)26-17-23(31(37,24-6-4-13-34-18-24)22-5-3-7-25(32)16-22)10-11-27(26)35-30(19)21-9-8-20-12-14-36(2)28(20)15-21;1-18-28(32)25-15-22(30(37,23-6-4-12-33-17-23)21-5-3-7-24(31)14-21)9-10-26(25)35-29(18)19-8-11-27-20(13-19)16-34-36(27)2;28-21-10-4-8-18(14-21)27(33,20-9-5-13-31-16-20)19-11-12-23-22(15-19)25(29)24(26(30)32-23)17-6-2-1-3-7-17/h4-6,9-21,38H,1-3,7-8H2;3-18,37H,1-2H3;3-17,37H,1-2H3;4-5,8-17,33H,1-3,6-7H2. The molecule has 2 saturated carbocycles. The lowest BCUT2D eigenvalue weighted by atomic mass is 9.79. The molecule has 0 bridgehead atoms. The second kappa shape index (κ2) is 42.2. The van der Waals surface area contributed by atoms with Crippen LogP contribution in [0.5, 0.6) is 0 Å². The summed E-state index contributed by atoms with van der Waals surface area (Å²) in [5.74, 6) is 0.640. The Kier molecular flexibility index (Phi) is 29.0. The van der Waals surface area contributed by atoms with Crippen LogP contribution >= 0.6 is 104 Å². The Bertz CT molecular complexity index is 8440. The van der Waals surface area contributed by atoms with Gasteiger partial charge in [0.25, 0.3) is 0 Å². The highest BCUT2D eigenvalue weighted by Gasteiger charge is 2.41. The van der Waals surface area contributed by atoms with Gasteiger partial charge < -0.3 is 25.0 Å². The largest absolute Gasteiger partial charge is 0.376 e. The van der Waals surface area contributed by atoms with Crippen molar-refractivity contribution in [2.24, 2.45) is 14.1 Å². The molecule has 0 aliphatic heterocycles. The van der Waals surface area contributed by atoms with Crippen LogP contribution in [0.1, 0.15) is 165 Å². The minimum absolute atomic E-state index is 0.310. The number of benzene rings is 10. The van der Waals surface area contributed by atoms with Crippen molar-refractivity contribution in [1.82, 2.24) is 59.2 Å². The lowest BCUT2D eigenvalue weighted by molar-refractivity contribution is 0.125. The summed E-state index contributed by atoms with van der Waals surface area (Å²) >= 11 is 60.1. The van der Waals surface area contributed by atoms with E-state index in [1.54, 1.807) is 123 Å². The number of rotatable bonds is 17. The van der Waals surface area contributed by atoms with Gasteiger partial charge in [-0.3, -0.25) is 29.6 Å². The zero-order chi connectivity index (χ0) is 101. The van der Waals surface area contributed by atoms with Gasteiger partial charge in [-0.05, 0) is 270 Å². The number of hydrogen-bond donors (Lipinski definition) is 4. The van der Waals surface area contributed by atoms with Crippen molar-refractivity contribution in [2.75, 3.05) is 0 Å². The van der Waals surface area contributed by atoms with Gasteiger partial charge >= 0.3 is 0 Å². The smallest absolute Gasteiger partial charge is 0.142 e. The van der Waals surface area contributed by atoms with Crippen molar-refractivity contribution in [1.29, 1.82) is 0 Å². The molecular weight excluding hydrogens is 1990 g/mol. The summed E-state index contributed by atoms with van der Waals surface area (Å²) in [6.45, 7) is 3.95. The number of hydrogen-bond acceptors (Lipinski definition) is 14. The minimum Gasteiger partial charge on any atom is -0.376 e. The van der Waals surface area contributed by atoms with Gasteiger partial charge in [0, 0.05) is 185 Å². The Hall–Kier alpha value is -13.0. The Morgan fingerprint density at radius 3 is 1.01 bits per heavy atom. The van der Waals surface area contributed by atoms with Crippen molar-refractivity contribution in [3.05, 3.63) is 482 Å². The van der Waals surface area contributed by atoms with E-state index >= 15 is 0 Å². The number of pyridine rings is 9. The quantitative estimate of drug-likeness (QED) is 0.0624. The molecule has 145 heavy (non-hydrogen) atoms. The first-order valence-corrected chi connectivity index (χ1v) is 51.2. The molecule has 10 aromatic carbocycles. The van der Waals surface area contributed by atoms with Gasteiger partial charge in [0.2, 0.25) is 0 Å². The van der Waals surface area contributed by atoms with Crippen LogP contribution in [0.15, 0.2) is 347 Å². The van der Waals surface area contributed by atoms with Crippen LogP contribution in [0.2, 0.25) is 45.3 Å². The van der Waals surface area contributed by atoms with E-state index in [0.29, 0.717) is 129 Å². The van der Waals surface area contributed by atoms with Crippen LogP contribution in [-0.4, -0.2) is 79.6 Å². The molecule has 25 heteroatoms. The van der Waals surface area contributed by atoms with E-state index < -0.39 is 22.4 Å². The molecule has 4 unspecified atom stereocenters. The highest BCUT2D eigenvalue weighted by Crippen LogP contribution is 2.51. The van der Waals surface area contributed by atoms with E-state index in [1.165, 1.54) is 43.9 Å². The van der Waals surface area contributed by atoms with E-state index in [0.717, 1.165) is 136 Å². The molecule has 0 radical (unpaired) electrons.